The van der Waals surface area contributed by atoms with E-state index < -0.39 is 41.6 Å². The average Bonchev–Trinajstić information content (AvgIpc) is 3.06. The number of rotatable bonds is 6. The Hall–Kier alpha value is -2.53. The van der Waals surface area contributed by atoms with Crippen molar-refractivity contribution in [2.45, 2.75) is 69.9 Å². The molecule has 2 aliphatic rings. The lowest BCUT2D eigenvalue weighted by molar-refractivity contribution is -0.256. The molecule has 1 unspecified atom stereocenters. The lowest BCUT2D eigenvalue weighted by Crippen LogP contribution is -2.52. The van der Waals surface area contributed by atoms with Gasteiger partial charge >= 0.3 is 10.9 Å². The molecular weight excluding hydrogens is 448 g/mol. The van der Waals surface area contributed by atoms with Crippen molar-refractivity contribution in [2.24, 2.45) is 0 Å². The zero-order valence-electron chi connectivity index (χ0n) is 18.6. The zero-order valence-corrected chi connectivity index (χ0v) is 19.4. The molecule has 5 atom stereocenters. The minimum atomic E-state index is -1.17. The van der Waals surface area contributed by atoms with Crippen LogP contribution in [0.1, 0.15) is 45.8 Å². The number of H-pyrrole nitrogens is 1. The van der Waals surface area contributed by atoms with Crippen molar-refractivity contribution in [1.29, 1.82) is 0 Å². The van der Waals surface area contributed by atoms with Crippen molar-refractivity contribution in [3.8, 4) is 5.75 Å². The van der Waals surface area contributed by atoms with E-state index in [0.29, 0.717) is 25.2 Å². The van der Waals surface area contributed by atoms with Gasteiger partial charge in [-0.15, -0.1) is 0 Å². The Kier molecular flexibility index (Phi) is 7.28. The van der Waals surface area contributed by atoms with Crippen molar-refractivity contribution in [2.75, 3.05) is 6.61 Å². The first-order chi connectivity index (χ1) is 15.9. The summed E-state index contributed by atoms with van der Waals surface area (Å²) < 4.78 is 31.6. The molecule has 2 aliphatic heterocycles. The van der Waals surface area contributed by atoms with Crippen molar-refractivity contribution in [1.82, 2.24) is 9.55 Å². The normalized spacial score (nSPS) is 29.5. The number of hydrogen-bond acceptors (Lipinski definition) is 8. The molecule has 1 aromatic heterocycles. The van der Waals surface area contributed by atoms with E-state index in [0.717, 1.165) is 12.8 Å². The molecular formula is C23H28N2O7S. The molecule has 0 radical (unpaired) electrons. The summed E-state index contributed by atoms with van der Waals surface area (Å²) in [6, 6.07) is 10.3. The van der Waals surface area contributed by atoms with Crippen LogP contribution < -0.4 is 16.0 Å². The van der Waals surface area contributed by atoms with Gasteiger partial charge in [-0.05, 0) is 44.7 Å². The van der Waals surface area contributed by atoms with Gasteiger partial charge < -0.3 is 23.7 Å². The number of aromatic nitrogens is 2. The zero-order chi connectivity index (χ0) is 23.4. The topological polar surface area (TPSA) is 101 Å². The summed E-state index contributed by atoms with van der Waals surface area (Å²) in [5, 5.41) is -0.0814. The Morgan fingerprint density at radius 2 is 2.03 bits per heavy atom. The van der Waals surface area contributed by atoms with Crippen molar-refractivity contribution in [3.63, 3.8) is 0 Å². The minimum Gasteiger partial charge on any atom is -0.447 e. The number of hydrogen-bond donors (Lipinski definition) is 1. The van der Waals surface area contributed by atoms with Crippen LogP contribution in [0.25, 0.3) is 0 Å². The molecule has 33 heavy (non-hydrogen) atoms. The molecule has 10 heteroatoms. The molecule has 0 aliphatic carbocycles. The van der Waals surface area contributed by atoms with Gasteiger partial charge in [0.1, 0.15) is 11.9 Å². The third-order valence-electron chi connectivity index (χ3n) is 5.89. The summed E-state index contributed by atoms with van der Waals surface area (Å²) in [6.45, 7) is 4.33. The highest BCUT2D eigenvalue weighted by Gasteiger charge is 2.58. The van der Waals surface area contributed by atoms with E-state index in [2.05, 4.69) is 4.98 Å². The number of nitrogens with one attached hydrogen (secondary N) is 1. The maximum atomic E-state index is 12.6. The molecule has 0 bridgehead atoms. The monoisotopic (exact) mass is 476 g/mol. The largest absolute Gasteiger partial charge is 0.447 e. The van der Waals surface area contributed by atoms with Crippen LogP contribution in [0.3, 0.4) is 0 Å². The average molecular weight is 477 g/mol. The first-order valence-electron chi connectivity index (χ1n) is 11.1. The number of para-hydroxylation sites is 1. The Labute approximate surface area is 196 Å². The van der Waals surface area contributed by atoms with E-state index >= 15 is 0 Å². The summed E-state index contributed by atoms with van der Waals surface area (Å²) in [5.41, 5.74) is -2.27. The van der Waals surface area contributed by atoms with Gasteiger partial charge in [0.25, 0.3) is 5.56 Å². The summed E-state index contributed by atoms with van der Waals surface area (Å²) >= 11 is 5.38. The maximum absolute atomic E-state index is 12.6. The SMILES string of the molecule is CC[C@H]1O[C@@H](n2ccc(=O)[nH]c2=O)[C@](C)(OC2CCCCO2)[C@@H]1OC(=S)Oc1ccccc1. The van der Waals surface area contributed by atoms with Crippen molar-refractivity contribution < 1.29 is 23.7 Å². The highest BCUT2D eigenvalue weighted by molar-refractivity contribution is 7.79. The fourth-order valence-corrected chi connectivity index (χ4v) is 4.46. The first-order valence-corrected chi connectivity index (χ1v) is 11.5. The molecule has 3 heterocycles. The van der Waals surface area contributed by atoms with Crippen LogP contribution in [0.4, 0.5) is 0 Å². The molecule has 2 fully saturated rings. The van der Waals surface area contributed by atoms with Crippen molar-refractivity contribution in [3.05, 3.63) is 63.4 Å². The summed E-state index contributed by atoms with van der Waals surface area (Å²) in [5.74, 6) is 0.543. The lowest BCUT2D eigenvalue weighted by Gasteiger charge is -2.39. The van der Waals surface area contributed by atoms with Crippen LogP contribution in [0.2, 0.25) is 0 Å². The number of benzene rings is 1. The molecule has 2 aromatic rings. The molecule has 2 saturated heterocycles. The predicted octanol–water partition coefficient (Wildman–Crippen LogP) is 2.90. The molecule has 9 nitrogen and oxygen atoms in total. The molecule has 0 amide bonds. The minimum absolute atomic E-state index is 0.0814. The van der Waals surface area contributed by atoms with Crippen LogP contribution >= 0.6 is 12.2 Å². The Balaban J connectivity index is 1.66. The maximum Gasteiger partial charge on any atom is 0.358 e. The van der Waals surface area contributed by atoms with E-state index in [-0.39, 0.29) is 5.24 Å². The third-order valence-corrected chi connectivity index (χ3v) is 6.07. The van der Waals surface area contributed by atoms with Gasteiger partial charge in [0.2, 0.25) is 0 Å². The quantitative estimate of drug-likeness (QED) is 0.636. The molecule has 1 aromatic carbocycles. The van der Waals surface area contributed by atoms with E-state index in [1.165, 1.54) is 16.8 Å². The van der Waals surface area contributed by atoms with Crippen LogP contribution in [0.15, 0.2) is 52.2 Å². The Morgan fingerprint density at radius 3 is 2.70 bits per heavy atom. The second kappa shape index (κ2) is 10.2. The Morgan fingerprint density at radius 1 is 1.24 bits per heavy atom. The highest BCUT2D eigenvalue weighted by atomic mass is 32.1. The second-order valence-electron chi connectivity index (χ2n) is 8.25. The molecule has 178 valence electrons. The van der Waals surface area contributed by atoms with Gasteiger partial charge in [-0.1, -0.05) is 25.1 Å². The fraction of sp³-hybridized carbons (Fsp3) is 0.522. The number of thiocarbonyl (C=S) groups is 1. The highest BCUT2D eigenvalue weighted by Crippen LogP contribution is 2.44. The lowest BCUT2D eigenvalue weighted by atomic mass is 9.94. The second-order valence-corrected chi connectivity index (χ2v) is 8.59. The number of aromatic amines is 1. The van der Waals surface area contributed by atoms with Crippen LogP contribution in [-0.2, 0) is 18.9 Å². The van der Waals surface area contributed by atoms with Gasteiger partial charge in [-0.25, -0.2) is 4.79 Å². The van der Waals surface area contributed by atoms with Crippen LogP contribution in [0, 0.1) is 0 Å². The Bertz CT molecular complexity index is 1070. The van der Waals surface area contributed by atoms with Crippen molar-refractivity contribution >= 4 is 17.5 Å². The van der Waals surface area contributed by atoms with Crippen LogP contribution in [-0.4, -0.2) is 45.5 Å². The van der Waals surface area contributed by atoms with E-state index in [4.69, 9.17) is 35.9 Å². The van der Waals surface area contributed by atoms with Gasteiger partial charge in [0, 0.05) is 31.1 Å². The molecule has 1 N–H and O–H groups in total. The van der Waals surface area contributed by atoms with Gasteiger partial charge in [-0.2, -0.15) is 0 Å². The van der Waals surface area contributed by atoms with E-state index in [9.17, 15) is 9.59 Å². The van der Waals surface area contributed by atoms with E-state index in [1.54, 1.807) is 19.1 Å². The van der Waals surface area contributed by atoms with Gasteiger partial charge in [0.05, 0.1) is 0 Å². The fourth-order valence-electron chi connectivity index (χ4n) is 4.26. The van der Waals surface area contributed by atoms with Gasteiger partial charge in [0.15, 0.2) is 24.2 Å². The smallest absolute Gasteiger partial charge is 0.358 e. The molecule has 4 rings (SSSR count). The number of nitrogens with zero attached hydrogens (tertiary/aromatic N) is 1. The van der Waals surface area contributed by atoms with E-state index in [1.807, 2.05) is 25.1 Å². The molecule has 0 spiro atoms. The summed E-state index contributed by atoms with van der Waals surface area (Å²) in [7, 11) is 0. The van der Waals surface area contributed by atoms with Gasteiger partial charge in [-0.3, -0.25) is 14.3 Å². The molecule has 0 saturated carbocycles. The predicted molar refractivity (Wildman–Crippen MR) is 123 cm³/mol. The third kappa shape index (κ3) is 5.19. The summed E-state index contributed by atoms with van der Waals surface area (Å²) in [4.78, 5) is 26.5. The number of ether oxygens (including phenoxy) is 5. The van der Waals surface area contributed by atoms with Crippen LogP contribution in [0.5, 0.6) is 5.75 Å². The standard InChI is InChI=1S/C23H28N2O7S/c1-3-16-19(31-22(33)29-15-9-5-4-6-10-15)23(2,32-18-11-7-8-14-28-18)20(30-16)25-13-12-17(26)24-21(25)27/h4-6,9-10,12-13,16,18-20H,3,7-8,11,14H2,1-2H3,(H,24,26,27)/t16-,18?,19-,20-,23-/m1/s1. The summed E-state index contributed by atoms with van der Waals surface area (Å²) in [6.07, 6.45) is 2.05. The first kappa shape index (κ1) is 23.6.